The fourth-order valence-electron chi connectivity index (χ4n) is 2.58. The molecule has 1 aromatic rings. The number of hydrogen-bond donors (Lipinski definition) is 2. The molecule has 1 heterocycles. The summed E-state index contributed by atoms with van der Waals surface area (Å²) >= 11 is 6.03. The van der Waals surface area contributed by atoms with E-state index in [4.69, 9.17) is 17.3 Å². The van der Waals surface area contributed by atoms with Crippen molar-refractivity contribution >= 4 is 17.3 Å². The van der Waals surface area contributed by atoms with Crippen LogP contribution in [0, 0.1) is 0 Å². The summed E-state index contributed by atoms with van der Waals surface area (Å²) in [7, 11) is 2.17. The Balaban J connectivity index is 2.12. The number of nitrogens with one attached hydrogen (secondary N) is 1. The van der Waals surface area contributed by atoms with Crippen LogP contribution in [0.1, 0.15) is 19.3 Å². The van der Waals surface area contributed by atoms with Crippen LogP contribution in [0.25, 0.3) is 0 Å². The van der Waals surface area contributed by atoms with Gasteiger partial charge in [0.2, 0.25) is 0 Å². The van der Waals surface area contributed by atoms with E-state index in [2.05, 4.69) is 23.3 Å². The predicted octanol–water partition coefficient (Wildman–Crippen LogP) is 2.57. The van der Waals surface area contributed by atoms with Gasteiger partial charge in [0.1, 0.15) is 0 Å². The first-order chi connectivity index (χ1) is 8.63. The van der Waals surface area contributed by atoms with Gasteiger partial charge in [0, 0.05) is 23.8 Å². The fraction of sp³-hybridized carbons (Fsp3) is 0.571. The Labute approximate surface area is 114 Å². The summed E-state index contributed by atoms with van der Waals surface area (Å²) in [6.07, 6.45) is 3.37. The van der Waals surface area contributed by atoms with E-state index in [1.165, 1.54) is 6.42 Å². The van der Waals surface area contributed by atoms with Crippen molar-refractivity contribution in [3.05, 3.63) is 29.3 Å². The third kappa shape index (κ3) is 3.37. The molecule has 1 unspecified atom stereocenters. The van der Waals surface area contributed by atoms with Gasteiger partial charge in [0.15, 0.2) is 0 Å². The molecule has 0 aromatic heterocycles. The minimum atomic E-state index is 0.00937. The number of likely N-dealkylation sites (tertiary alicyclic amines) is 1. The number of halogens is 1. The summed E-state index contributed by atoms with van der Waals surface area (Å²) in [5.41, 5.74) is 7.10. The van der Waals surface area contributed by atoms with Crippen LogP contribution in [-0.4, -0.2) is 37.1 Å². The van der Waals surface area contributed by atoms with Crippen LogP contribution < -0.4 is 11.1 Å². The molecule has 0 amide bonds. The highest BCUT2D eigenvalue weighted by Gasteiger charge is 2.30. The molecule has 0 aliphatic carbocycles. The molecule has 0 spiro atoms. The highest BCUT2D eigenvalue weighted by molar-refractivity contribution is 6.30. The maximum Gasteiger partial charge on any atom is 0.0508 e. The summed E-state index contributed by atoms with van der Waals surface area (Å²) in [4.78, 5) is 2.37. The molecule has 4 heteroatoms. The van der Waals surface area contributed by atoms with Crippen molar-refractivity contribution in [1.82, 2.24) is 4.90 Å². The zero-order valence-corrected chi connectivity index (χ0v) is 11.7. The van der Waals surface area contributed by atoms with Crippen molar-refractivity contribution in [3.8, 4) is 0 Å². The lowest BCUT2D eigenvalue weighted by atomic mass is 9.90. The van der Waals surface area contributed by atoms with E-state index in [9.17, 15) is 0 Å². The van der Waals surface area contributed by atoms with Gasteiger partial charge in [0.05, 0.1) is 5.54 Å². The van der Waals surface area contributed by atoms with Gasteiger partial charge < -0.3 is 16.0 Å². The van der Waals surface area contributed by atoms with Crippen LogP contribution in [0.3, 0.4) is 0 Å². The van der Waals surface area contributed by atoms with E-state index in [0.717, 1.165) is 36.6 Å². The second-order valence-electron chi connectivity index (χ2n) is 5.28. The van der Waals surface area contributed by atoms with Gasteiger partial charge in [-0.1, -0.05) is 17.7 Å². The fourth-order valence-corrected chi connectivity index (χ4v) is 2.77. The van der Waals surface area contributed by atoms with Crippen molar-refractivity contribution in [3.63, 3.8) is 0 Å². The molecule has 0 saturated carbocycles. The molecule has 0 radical (unpaired) electrons. The Hall–Kier alpha value is -0.770. The summed E-state index contributed by atoms with van der Waals surface area (Å²) in [5.74, 6) is 0. The lowest BCUT2D eigenvalue weighted by Crippen LogP contribution is -2.46. The number of anilines is 1. The Morgan fingerprint density at radius 3 is 2.94 bits per heavy atom. The van der Waals surface area contributed by atoms with Crippen molar-refractivity contribution < 1.29 is 0 Å². The first-order valence-electron chi connectivity index (χ1n) is 6.56. The van der Waals surface area contributed by atoms with E-state index >= 15 is 0 Å². The van der Waals surface area contributed by atoms with Crippen LogP contribution in [0.4, 0.5) is 5.69 Å². The third-order valence-electron chi connectivity index (χ3n) is 3.79. The molecule has 1 aliphatic heterocycles. The quantitative estimate of drug-likeness (QED) is 0.884. The van der Waals surface area contributed by atoms with E-state index in [-0.39, 0.29) is 5.54 Å². The normalized spacial score (nSPS) is 25.7. The predicted molar refractivity (Wildman–Crippen MR) is 78.2 cm³/mol. The molecular weight excluding hydrogens is 246 g/mol. The second kappa shape index (κ2) is 5.91. The van der Waals surface area contributed by atoms with Crippen LogP contribution in [0.2, 0.25) is 5.02 Å². The molecular formula is C14H22ClN3. The van der Waals surface area contributed by atoms with Gasteiger partial charge in [-0.2, -0.15) is 0 Å². The van der Waals surface area contributed by atoms with Crippen molar-refractivity contribution in [1.29, 1.82) is 0 Å². The first-order valence-corrected chi connectivity index (χ1v) is 6.94. The maximum atomic E-state index is 6.03. The van der Waals surface area contributed by atoms with Gasteiger partial charge in [-0.05, 0) is 51.1 Å². The van der Waals surface area contributed by atoms with E-state index in [1.54, 1.807) is 0 Å². The second-order valence-corrected chi connectivity index (χ2v) is 5.71. The Bertz CT molecular complexity index is 396. The molecule has 2 rings (SSSR count). The highest BCUT2D eigenvalue weighted by atomic mass is 35.5. The average Bonchev–Trinajstić information content (AvgIpc) is 2.53. The van der Waals surface area contributed by atoms with E-state index in [0.29, 0.717) is 6.54 Å². The molecule has 18 heavy (non-hydrogen) atoms. The minimum Gasteiger partial charge on any atom is -0.378 e. The zero-order valence-electron chi connectivity index (χ0n) is 11.0. The molecule has 3 N–H and O–H groups in total. The molecule has 0 bridgehead atoms. The maximum absolute atomic E-state index is 6.03. The van der Waals surface area contributed by atoms with Crippen LogP contribution in [0.15, 0.2) is 24.3 Å². The summed E-state index contributed by atoms with van der Waals surface area (Å²) in [6, 6.07) is 7.88. The summed E-state index contributed by atoms with van der Waals surface area (Å²) in [6.45, 7) is 2.90. The molecule has 1 atom stereocenters. The number of rotatable bonds is 3. The van der Waals surface area contributed by atoms with Crippen LogP contribution >= 0.6 is 11.6 Å². The van der Waals surface area contributed by atoms with Gasteiger partial charge in [-0.15, -0.1) is 0 Å². The topological polar surface area (TPSA) is 41.3 Å². The molecule has 1 aromatic carbocycles. The number of hydrogen-bond acceptors (Lipinski definition) is 3. The first kappa shape index (κ1) is 13.7. The smallest absolute Gasteiger partial charge is 0.0508 e. The van der Waals surface area contributed by atoms with Crippen LogP contribution in [-0.2, 0) is 0 Å². The standard InChI is InChI=1S/C14H22ClN3/c1-18-8-3-6-14(11-16,7-9-18)17-13-5-2-4-12(15)10-13/h2,4-5,10,17H,3,6-9,11,16H2,1H3. The zero-order chi connectivity index (χ0) is 13.0. The lowest BCUT2D eigenvalue weighted by Gasteiger charge is -2.34. The van der Waals surface area contributed by atoms with Gasteiger partial charge in [-0.25, -0.2) is 0 Å². The highest BCUT2D eigenvalue weighted by Crippen LogP contribution is 2.27. The molecule has 1 saturated heterocycles. The number of nitrogens with zero attached hydrogens (tertiary/aromatic N) is 1. The van der Waals surface area contributed by atoms with Gasteiger partial charge in [-0.3, -0.25) is 0 Å². The summed E-state index contributed by atoms with van der Waals surface area (Å²) in [5, 5.41) is 4.37. The Kier molecular flexibility index (Phi) is 4.49. The minimum absolute atomic E-state index is 0.00937. The van der Waals surface area contributed by atoms with E-state index in [1.807, 2.05) is 18.2 Å². The van der Waals surface area contributed by atoms with Crippen molar-refractivity contribution in [2.24, 2.45) is 5.73 Å². The van der Waals surface area contributed by atoms with Crippen LogP contribution in [0.5, 0.6) is 0 Å². The van der Waals surface area contributed by atoms with Gasteiger partial charge >= 0.3 is 0 Å². The monoisotopic (exact) mass is 267 g/mol. The van der Waals surface area contributed by atoms with E-state index < -0.39 is 0 Å². The molecule has 1 aliphatic rings. The van der Waals surface area contributed by atoms with Crippen molar-refractivity contribution in [2.45, 2.75) is 24.8 Å². The number of benzene rings is 1. The lowest BCUT2D eigenvalue weighted by molar-refractivity contribution is 0.337. The Morgan fingerprint density at radius 2 is 2.22 bits per heavy atom. The SMILES string of the molecule is CN1CCCC(CN)(Nc2cccc(Cl)c2)CC1. The van der Waals surface area contributed by atoms with Gasteiger partial charge in [0.25, 0.3) is 0 Å². The average molecular weight is 268 g/mol. The molecule has 1 fully saturated rings. The molecule has 100 valence electrons. The van der Waals surface area contributed by atoms with Crippen molar-refractivity contribution in [2.75, 3.05) is 32.0 Å². The molecule has 3 nitrogen and oxygen atoms in total. The Morgan fingerprint density at radius 1 is 1.39 bits per heavy atom. The third-order valence-corrected chi connectivity index (χ3v) is 4.03. The largest absolute Gasteiger partial charge is 0.378 e. The number of nitrogens with two attached hydrogens (primary N) is 1. The summed E-state index contributed by atoms with van der Waals surface area (Å²) < 4.78 is 0.